The summed E-state index contributed by atoms with van der Waals surface area (Å²) < 4.78 is 27.5. The average Bonchev–Trinajstić information content (AvgIpc) is 2.93. The number of aromatic nitrogens is 1. The smallest absolute Gasteiger partial charge is 0.268 e. The molecule has 4 rings (SSSR count). The van der Waals surface area contributed by atoms with Crippen molar-refractivity contribution in [2.45, 2.75) is 31.7 Å². The molecule has 2 aliphatic heterocycles. The molecule has 0 spiro atoms. The summed E-state index contributed by atoms with van der Waals surface area (Å²) in [6.07, 6.45) is 2.51. The molecule has 2 aromatic rings. The van der Waals surface area contributed by atoms with Crippen LogP contribution in [0.3, 0.4) is 0 Å². The van der Waals surface area contributed by atoms with Crippen LogP contribution in [0.2, 0.25) is 0 Å². The Balaban J connectivity index is 1.52. The summed E-state index contributed by atoms with van der Waals surface area (Å²) >= 11 is 0. The van der Waals surface area contributed by atoms with Gasteiger partial charge in [0.15, 0.2) is 0 Å². The van der Waals surface area contributed by atoms with Crippen LogP contribution in [0.5, 0.6) is 0 Å². The Bertz CT molecular complexity index is 1020. The Kier molecular flexibility index (Phi) is 5.00. The highest BCUT2D eigenvalue weighted by molar-refractivity contribution is 7.89. The lowest BCUT2D eigenvalue weighted by Gasteiger charge is -2.34. The topological polar surface area (TPSA) is 87.7 Å². The van der Waals surface area contributed by atoms with Crippen LogP contribution in [0.25, 0.3) is 0 Å². The third kappa shape index (κ3) is 3.58. The molecule has 0 N–H and O–H groups in total. The summed E-state index contributed by atoms with van der Waals surface area (Å²) in [5, 5.41) is 0. The molecule has 1 aromatic carbocycles. The average molecular weight is 413 g/mol. The first kappa shape index (κ1) is 19.7. The van der Waals surface area contributed by atoms with Gasteiger partial charge >= 0.3 is 0 Å². The summed E-state index contributed by atoms with van der Waals surface area (Å²) in [6, 6.07) is 9.60. The Labute approximate surface area is 170 Å². The van der Waals surface area contributed by atoms with Crippen LogP contribution in [0.4, 0.5) is 0 Å². The number of hydrogen-bond acceptors (Lipinski definition) is 5. The number of sulfonamides is 1. The molecule has 2 amide bonds. The number of pyridine rings is 1. The Hall–Kier alpha value is -2.58. The van der Waals surface area contributed by atoms with Crippen LogP contribution in [0.1, 0.15) is 46.7 Å². The largest absolute Gasteiger partial charge is 0.280 e. The summed E-state index contributed by atoms with van der Waals surface area (Å²) in [5.74, 6) is -0.157. The second-order valence-corrected chi connectivity index (χ2v) is 9.95. The maximum Gasteiger partial charge on any atom is 0.280 e. The molecule has 0 aliphatic carbocycles. The lowest BCUT2D eigenvalue weighted by Crippen LogP contribution is -2.42. The molecule has 0 bridgehead atoms. The van der Waals surface area contributed by atoms with Gasteiger partial charge in [-0.2, -0.15) is 4.31 Å². The molecule has 1 fully saturated rings. The first-order valence-corrected chi connectivity index (χ1v) is 11.1. The molecule has 152 valence electrons. The van der Waals surface area contributed by atoms with Crippen LogP contribution >= 0.6 is 0 Å². The normalized spacial score (nSPS) is 22.8. The van der Waals surface area contributed by atoms with Crippen LogP contribution in [-0.4, -0.2) is 47.5 Å². The van der Waals surface area contributed by atoms with E-state index in [2.05, 4.69) is 18.8 Å². The van der Waals surface area contributed by atoms with E-state index in [4.69, 9.17) is 0 Å². The molecule has 1 saturated heterocycles. The SMILES string of the molecule is C[C@@H]1C[C@@H](C)CN(S(=O)(=O)c2ccc(CN3C(=O)c4cccnc4C3=O)cc2)C1. The van der Waals surface area contributed by atoms with E-state index < -0.39 is 15.9 Å². The number of rotatable bonds is 4. The van der Waals surface area contributed by atoms with Gasteiger partial charge in [-0.3, -0.25) is 19.5 Å². The summed E-state index contributed by atoms with van der Waals surface area (Å²) in [5.41, 5.74) is 1.13. The fraction of sp³-hybridized carbons (Fsp3) is 0.381. The van der Waals surface area contributed by atoms with Crippen LogP contribution in [-0.2, 0) is 16.6 Å². The highest BCUT2D eigenvalue weighted by Gasteiger charge is 2.36. The van der Waals surface area contributed by atoms with Crippen molar-refractivity contribution in [1.29, 1.82) is 0 Å². The fourth-order valence-electron chi connectivity index (χ4n) is 4.16. The highest BCUT2D eigenvalue weighted by Crippen LogP contribution is 2.27. The van der Waals surface area contributed by atoms with Gasteiger partial charge in [-0.05, 0) is 48.1 Å². The third-order valence-electron chi connectivity index (χ3n) is 5.47. The van der Waals surface area contributed by atoms with Crippen molar-refractivity contribution in [3.63, 3.8) is 0 Å². The molecular weight excluding hydrogens is 390 g/mol. The quantitative estimate of drug-likeness (QED) is 0.719. The van der Waals surface area contributed by atoms with E-state index in [-0.39, 0.29) is 23.0 Å². The molecule has 3 heterocycles. The van der Waals surface area contributed by atoms with Gasteiger partial charge in [-0.15, -0.1) is 0 Å². The zero-order valence-electron chi connectivity index (χ0n) is 16.4. The van der Waals surface area contributed by atoms with Gasteiger partial charge in [0.1, 0.15) is 5.69 Å². The van der Waals surface area contributed by atoms with E-state index in [1.54, 1.807) is 40.7 Å². The second-order valence-electron chi connectivity index (χ2n) is 8.01. The van der Waals surface area contributed by atoms with E-state index in [0.717, 1.165) is 11.3 Å². The molecular formula is C21H23N3O4S. The first-order chi connectivity index (χ1) is 13.8. The van der Waals surface area contributed by atoms with E-state index in [9.17, 15) is 18.0 Å². The number of imide groups is 1. The maximum atomic E-state index is 13.0. The lowest BCUT2D eigenvalue weighted by molar-refractivity contribution is 0.0640. The maximum absolute atomic E-state index is 13.0. The number of amides is 2. The van der Waals surface area contributed by atoms with Crippen molar-refractivity contribution in [2.24, 2.45) is 11.8 Å². The summed E-state index contributed by atoms with van der Waals surface area (Å²) in [6.45, 7) is 5.26. The van der Waals surface area contributed by atoms with Crippen LogP contribution in [0, 0.1) is 11.8 Å². The number of carbonyl (C=O) groups excluding carboxylic acids is 2. The van der Waals surface area contributed by atoms with Crippen molar-refractivity contribution < 1.29 is 18.0 Å². The molecule has 2 atom stereocenters. The van der Waals surface area contributed by atoms with Gasteiger partial charge in [0, 0.05) is 19.3 Å². The van der Waals surface area contributed by atoms with Crippen molar-refractivity contribution in [2.75, 3.05) is 13.1 Å². The Morgan fingerprint density at radius 1 is 1.00 bits per heavy atom. The first-order valence-electron chi connectivity index (χ1n) is 9.67. The third-order valence-corrected chi connectivity index (χ3v) is 7.31. The number of piperidine rings is 1. The minimum Gasteiger partial charge on any atom is -0.268 e. The zero-order valence-corrected chi connectivity index (χ0v) is 17.2. The number of hydrogen-bond donors (Lipinski definition) is 0. The van der Waals surface area contributed by atoms with E-state index >= 15 is 0 Å². The minimum absolute atomic E-state index is 0.0755. The number of benzene rings is 1. The highest BCUT2D eigenvalue weighted by atomic mass is 32.2. The van der Waals surface area contributed by atoms with Crippen molar-refractivity contribution in [1.82, 2.24) is 14.2 Å². The van der Waals surface area contributed by atoms with Gasteiger partial charge in [-0.25, -0.2) is 8.42 Å². The molecule has 0 saturated carbocycles. The fourth-order valence-corrected chi connectivity index (χ4v) is 5.84. The Morgan fingerprint density at radius 2 is 1.66 bits per heavy atom. The molecule has 0 radical (unpaired) electrons. The van der Waals surface area contributed by atoms with Gasteiger partial charge < -0.3 is 0 Å². The van der Waals surface area contributed by atoms with Crippen molar-refractivity contribution in [3.05, 3.63) is 59.4 Å². The minimum atomic E-state index is -3.56. The number of nitrogens with zero attached hydrogens (tertiary/aromatic N) is 3. The molecule has 2 aliphatic rings. The Morgan fingerprint density at radius 3 is 2.28 bits per heavy atom. The monoisotopic (exact) mass is 413 g/mol. The standard InChI is InChI=1S/C21H23N3O4S/c1-14-10-15(2)12-23(11-14)29(27,28)17-7-5-16(6-8-17)13-24-20(25)18-4-3-9-22-19(18)21(24)26/h3-9,14-15H,10-13H2,1-2H3/t14-,15-/m1/s1. The number of carbonyl (C=O) groups is 2. The predicted octanol–water partition coefficient (Wildman–Crippen LogP) is 2.54. The predicted molar refractivity (Wildman–Crippen MR) is 107 cm³/mol. The van der Waals surface area contributed by atoms with Gasteiger partial charge in [0.2, 0.25) is 10.0 Å². The van der Waals surface area contributed by atoms with Gasteiger partial charge in [0.25, 0.3) is 11.8 Å². The summed E-state index contributed by atoms with van der Waals surface area (Å²) in [4.78, 5) is 30.3. The second kappa shape index (κ2) is 7.35. The van der Waals surface area contributed by atoms with E-state index in [1.165, 1.54) is 6.20 Å². The van der Waals surface area contributed by atoms with Crippen molar-refractivity contribution >= 4 is 21.8 Å². The zero-order chi connectivity index (χ0) is 20.8. The van der Waals surface area contributed by atoms with Gasteiger partial charge in [-0.1, -0.05) is 26.0 Å². The molecule has 29 heavy (non-hydrogen) atoms. The van der Waals surface area contributed by atoms with Crippen molar-refractivity contribution in [3.8, 4) is 0 Å². The molecule has 8 heteroatoms. The van der Waals surface area contributed by atoms with Gasteiger partial charge in [0.05, 0.1) is 17.0 Å². The van der Waals surface area contributed by atoms with E-state index in [0.29, 0.717) is 36.1 Å². The summed E-state index contributed by atoms with van der Waals surface area (Å²) in [7, 11) is -3.56. The lowest BCUT2D eigenvalue weighted by atomic mass is 9.94. The molecule has 1 aromatic heterocycles. The van der Waals surface area contributed by atoms with E-state index in [1.807, 2.05) is 0 Å². The van der Waals surface area contributed by atoms with Crippen LogP contribution in [0.15, 0.2) is 47.5 Å². The molecule has 7 nitrogen and oxygen atoms in total. The molecule has 0 unspecified atom stereocenters. The number of fused-ring (bicyclic) bond motifs is 1. The van der Waals surface area contributed by atoms with Crippen LogP contribution < -0.4 is 0 Å².